The topological polar surface area (TPSA) is 70.6 Å². The summed E-state index contributed by atoms with van der Waals surface area (Å²) in [7, 11) is 0. The van der Waals surface area contributed by atoms with E-state index in [1.54, 1.807) is 0 Å². The third kappa shape index (κ3) is 3.69. The van der Waals surface area contributed by atoms with E-state index >= 15 is 0 Å². The Balaban J connectivity index is 1.54. The maximum Gasteiger partial charge on any atom is 0.270 e. The summed E-state index contributed by atoms with van der Waals surface area (Å²) in [5.41, 5.74) is 1.40. The molecule has 5 heterocycles. The molecular formula is C19H29N5O2. The molecule has 0 spiro atoms. The zero-order chi connectivity index (χ0) is 18.1. The van der Waals surface area contributed by atoms with Crippen molar-refractivity contribution in [1.29, 1.82) is 0 Å². The Labute approximate surface area is 155 Å². The van der Waals surface area contributed by atoms with Crippen molar-refractivity contribution in [2.75, 3.05) is 50.8 Å². The van der Waals surface area contributed by atoms with E-state index in [4.69, 9.17) is 9.72 Å². The van der Waals surface area contributed by atoms with Crippen molar-refractivity contribution in [3.05, 3.63) is 17.5 Å². The van der Waals surface area contributed by atoms with Crippen LogP contribution in [-0.2, 0) is 4.74 Å². The normalized spacial score (nSPS) is 28.4. The number of fused-ring (bicyclic) bond motifs is 3. The van der Waals surface area contributed by atoms with E-state index in [0.717, 1.165) is 25.3 Å². The fourth-order valence-corrected chi connectivity index (χ4v) is 4.14. The monoisotopic (exact) mass is 359 g/mol. The first-order valence-corrected chi connectivity index (χ1v) is 9.85. The second kappa shape index (κ2) is 7.48. The van der Waals surface area contributed by atoms with Crippen LogP contribution in [0.15, 0.2) is 6.07 Å². The second-order valence-corrected chi connectivity index (χ2v) is 7.95. The zero-order valence-electron chi connectivity index (χ0n) is 15.8. The van der Waals surface area contributed by atoms with Crippen LogP contribution in [-0.4, -0.2) is 72.8 Å². The first-order chi connectivity index (χ1) is 12.6. The van der Waals surface area contributed by atoms with E-state index < -0.39 is 0 Å². The van der Waals surface area contributed by atoms with Gasteiger partial charge in [-0.25, -0.2) is 9.97 Å². The van der Waals surface area contributed by atoms with E-state index in [0.29, 0.717) is 30.8 Å². The van der Waals surface area contributed by atoms with Crippen molar-refractivity contribution in [1.82, 2.24) is 20.2 Å². The Hall–Kier alpha value is -1.73. The van der Waals surface area contributed by atoms with Gasteiger partial charge in [-0.3, -0.25) is 4.79 Å². The van der Waals surface area contributed by atoms with E-state index in [9.17, 15) is 4.79 Å². The molecule has 0 aliphatic carbocycles. The molecule has 142 valence electrons. The molecule has 0 saturated carbocycles. The molecule has 4 aliphatic heterocycles. The van der Waals surface area contributed by atoms with E-state index in [1.807, 2.05) is 6.07 Å². The number of aromatic nitrogens is 2. The van der Waals surface area contributed by atoms with Gasteiger partial charge in [0.05, 0.1) is 13.2 Å². The highest BCUT2D eigenvalue weighted by atomic mass is 16.5. The van der Waals surface area contributed by atoms with Crippen LogP contribution < -0.4 is 10.2 Å². The molecule has 26 heavy (non-hydrogen) atoms. The minimum absolute atomic E-state index is 0.0671. The molecule has 4 fully saturated rings. The number of morpholine rings is 1. The predicted molar refractivity (Wildman–Crippen MR) is 99.6 cm³/mol. The van der Waals surface area contributed by atoms with Crippen molar-refractivity contribution in [2.24, 2.45) is 5.92 Å². The summed E-state index contributed by atoms with van der Waals surface area (Å²) in [5, 5.41) is 3.25. The molecule has 1 aromatic rings. The Morgan fingerprint density at radius 3 is 2.54 bits per heavy atom. The largest absolute Gasteiger partial charge is 0.378 e. The average molecular weight is 359 g/mol. The molecule has 7 heteroatoms. The van der Waals surface area contributed by atoms with E-state index in [2.05, 4.69) is 33.9 Å². The lowest BCUT2D eigenvalue weighted by atomic mass is 9.84. The summed E-state index contributed by atoms with van der Waals surface area (Å²) in [5.74, 6) is 1.44. The Bertz CT molecular complexity index is 651. The molecular weight excluding hydrogens is 330 g/mol. The summed E-state index contributed by atoms with van der Waals surface area (Å²) in [6.07, 6.45) is 2.37. The van der Waals surface area contributed by atoms with Crippen molar-refractivity contribution in [2.45, 2.75) is 38.6 Å². The first kappa shape index (κ1) is 17.7. The van der Waals surface area contributed by atoms with Crippen molar-refractivity contribution < 1.29 is 9.53 Å². The second-order valence-electron chi connectivity index (χ2n) is 7.95. The van der Waals surface area contributed by atoms with E-state index in [1.165, 1.54) is 25.9 Å². The molecule has 4 saturated heterocycles. The van der Waals surface area contributed by atoms with Crippen molar-refractivity contribution in [3.8, 4) is 0 Å². The minimum atomic E-state index is -0.0671. The highest BCUT2D eigenvalue weighted by Gasteiger charge is 2.35. The number of amides is 1. The lowest BCUT2D eigenvalue weighted by molar-refractivity contribution is 0.0617. The molecule has 1 aromatic heterocycles. The lowest BCUT2D eigenvalue weighted by Gasteiger charge is -2.44. The van der Waals surface area contributed by atoms with Gasteiger partial charge in [-0.05, 0) is 43.8 Å². The lowest BCUT2D eigenvalue weighted by Crippen LogP contribution is -2.57. The van der Waals surface area contributed by atoms with Gasteiger partial charge in [0.25, 0.3) is 5.91 Å². The van der Waals surface area contributed by atoms with Crippen LogP contribution in [0.2, 0.25) is 0 Å². The van der Waals surface area contributed by atoms with Gasteiger partial charge >= 0.3 is 0 Å². The van der Waals surface area contributed by atoms with Crippen LogP contribution in [0.1, 0.15) is 48.8 Å². The molecule has 0 aromatic carbocycles. The van der Waals surface area contributed by atoms with Gasteiger partial charge in [0, 0.05) is 31.4 Å². The Morgan fingerprint density at radius 2 is 1.92 bits per heavy atom. The first-order valence-electron chi connectivity index (χ1n) is 9.85. The van der Waals surface area contributed by atoms with Crippen LogP contribution in [0.3, 0.4) is 0 Å². The summed E-state index contributed by atoms with van der Waals surface area (Å²) in [6.45, 7) is 10.4. The molecule has 1 atom stereocenters. The maximum atomic E-state index is 12.9. The molecule has 1 unspecified atom stereocenters. The van der Waals surface area contributed by atoms with E-state index in [-0.39, 0.29) is 17.9 Å². The third-order valence-electron chi connectivity index (χ3n) is 5.82. The Kier molecular flexibility index (Phi) is 5.09. The Morgan fingerprint density at radius 1 is 1.19 bits per heavy atom. The maximum absolute atomic E-state index is 12.9. The average Bonchev–Trinajstić information content (AvgIpc) is 2.69. The number of rotatable bonds is 4. The van der Waals surface area contributed by atoms with Crippen LogP contribution in [0.4, 0.5) is 5.95 Å². The van der Waals surface area contributed by atoms with Gasteiger partial charge < -0.3 is 19.9 Å². The molecule has 5 rings (SSSR count). The molecule has 0 radical (unpaired) electrons. The highest BCUT2D eigenvalue weighted by molar-refractivity contribution is 5.93. The predicted octanol–water partition coefficient (Wildman–Crippen LogP) is 1.26. The molecule has 7 nitrogen and oxygen atoms in total. The number of anilines is 1. The van der Waals surface area contributed by atoms with Gasteiger partial charge in [0.15, 0.2) is 0 Å². The third-order valence-corrected chi connectivity index (χ3v) is 5.82. The number of carbonyl (C=O) groups excluding carboxylic acids is 1. The van der Waals surface area contributed by atoms with Gasteiger partial charge in [0.2, 0.25) is 5.95 Å². The summed E-state index contributed by atoms with van der Waals surface area (Å²) >= 11 is 0. The molecule has 2 bridgehead atoms. The van der Waals surface area contributed by atoms with Gasteiger partial charge in [-0.1, -0.05) is 13.8 Å². The number of nitrogens with one attached hydrogen (secondary N) is 1. The number of nitrogens with zero attached hydrogens (tertiary/aromatic N) is 4. The summed E-state index contributed by atoms with van der Waals surface area (Å²) in [4.78, 5) is 26.8. The number of hydrogen-bond acceptors (Lipinski definition) is 6. The van der Waals surface area contributed by atoms with Gasteiger partial charge in [0.1, 0.15) is 5.69 Å². The quantitative estimate of drug-likeness (QED) is 0.873. The summed E-state index contributed by atoms with van der Waals surface area (Å²) in [6, 6.07) is 2.10. The molecule has 1 N–H and O–H groups in total. The summed E-state index contributed by atoms with van der Waals surface area (Å²) < 4.78 is 5.42. The minimum Gasteiger partial charge on any atom is -0.378 e. The standard InChI is InChI=1S/C19H29N5O2/c1-13(2)15-11-16(22-19(21-15)24-7-9-26-10-8-24)18(25)20-17-12-23-5-3-14(17)4-6-23/h11,13-14,17H,3-10,12H2,1-2H3,(H,20,25). The van der Waals surface area contributed by atoms with Crippen LogP contribution in [0, 0.1) is 5.92 Å². The molecule has 1 amide bonds. The van der Waals surface area contributed by atoms with Gasteiger partial charge in [-0.15, -0.1) is 0 Å². The smallest absolute Gasteiger partial charge is 0.270 e. The van der Waals surface area contributed by atoms with Crippen LogP contribution in [0.5, 0.6) is 0 Å². The number of ether oxygens (including phenoxy) is 1. The number of carbonyl (C=O) groups is 1. The van der Waals surface area contributed by atoms with Crippen LogP contribution >= 0.6 is 0 Å². The fourth-order valence-electron chi connectivity index (χ4n) is 4.14. The fraction of sp³-hybridized carbons (Fsp3) is 0.737. The zero-order valence-corrected chi connectivity index (χ0v) is 15.8. The van der Waals surface area contributed by atoms with Gasteiger partial charge in [-0.2, -0.15) is 0 Å². The number of piperidine rings is 3. The van der Waals surface area contributed by atoms with Crippen LogP contribution in [0.25, 0.3) is 0 Å². The highest BCUT2D eigenvalue weighted by Crippen LogP contribution is 2.28. The van der Waals surface area contributed by atoms with Crippen molar-refractivity contribution in [3.63, 3.8) is 0 Å². The molecule has 4 aliphatic rings. The number of hydrogen-bond donors (Lipinski definition) is 1. The SMILES string of the molecule is CC(C)c1cc(C(=O)NC2CN3CCC2CC3)nc(N2CCOCC2)n1. The van der Waals surface area contributed by atoms with Crippen molar-refractivity contribution >= 4 is 11.9 Å².